The van der Waals surface area contributed by atoms with Gasteiger partial charge in [-0.3, -0.25) is 9.78 Å². The summed E-state index contributed by atoms with van der Waals surface area (Å²) in [6.07, 6.45) is 0. The van der Waals surface area contributed by atoms with E-state index in [0.717, 1.165) is 28.0 Å². The lowest BCUT2D eigenvalue weighted by Gasteiger charge is -2.09. The molecule has 3 rings (SSSR count). The number of rotatable bonds is 3. The number of hydrogen-bond donors (Lipinski definition) is 1. The van der Waals surface area contributed by atoms with Gasteiger partial charge >= 0.3 is 0 Å². The molecule has 0 unspecified atom stereocenters. The molecule has 0 aliphatic heterocycles. The van der Waals surface area contributed by atoms with Crippen LogP contribution in [0.3, 0.4) is 0 Å². The number of aromatic nitrogens is 1. The normalized spacial score (nSPS) is 10.5. The SMILES string of the molecule is COc1ccc(C(=O)Nc2cccc3nc(C)ccc23)cc1. The quantitative estimate of drug-likeness (QED) is 0.798. The summed E-state index contributed by atoms with van der Waals surface area (Å²) in [7, 11) is 1.60. The van der Waals surface area contributed by atoms with Gasteiger partial charge in [-0.05, 0) is 55.5 Å². The number of carbonyl (C=O) groups is 1. The molecule has 4 heteroatoms. The molecule has 2 aromatic carbocycles. The zero-order valence-electron chi connectivity index (χ0n) is 12.5. The van der Waals surface area contributed by atoms with E-state index in [0.29, 0.717) is 5.56 Å². The number of ether oxygens (including phenoxy) is 1. The van der Waals surface area contributed by atoms with Crippen LogP contribution in [0.4, 0.5) is 5.69 Å². The lowest BCUT2D eigenvalue weighted by Crippen LogP contribution is -2.12. The number of pyridine rings is 1. The number of nitrogens with one attached hydrogen (secondary N) is 1. The number of benzene rings is 2. The molecule has 1 N–H and O–H groups in total. The van der Waals surface area contributed by atoms with E-state index in [2.05, 4.69) is 10.3 Å². The molecular weight excluding hydrogens is 276 g/mol. The first-order valence-electron chi connectivity index (χ1n) is 6.99. The number of nitrogens with zero attached hydrogens (tertiary/aromatic N) is 1. The first-order valence-corrected chi connectivity index (χ1v) is 6.99. The van der Waals surface area contributed by atoms with Crippen LogP contribution in [-0.2, 0) is 0 Å². The summed E-state index contributed by atoms with van der Waals surface area (Å²) in [6.45, 7) is 1.95. The van der Waals surface area contributed by atoms with Gasteiger partial charge in [0.2, 0.25) is 0 Å². The molecule has 0 bridgehead atoms. The molecule has 0 saturated carbocycles. The molecule has 0 fully saturated rings. The Hall–Kier alpha value is -2.88. The van der Waals surface area contributed by atoms with E-state index in [1.54, 1.807) is 31.4 Å². The van der Waals surface area contributed by atoms with Crippen LogP contribution >= 0.6 is 0 Å². The number of hydrogen-bond acceptors (Lipinski definition) is 3. The van der Waals surface area contributed by atoms with Crippen molar-refractivity contribution in [2.45, 2.75) is 6.92 Å². The molecule has 0 aliphatic rings. The molecule has 0 aliphatic carbocycles. The van der Waals surface area contributed by atoms with Crippen molar-refractivity contribution in [3.05, 3.63) is 65.9 Å². The Labute approximate surface area is 128 Å². The van der Waals surface area contributed by atoms with Crippen molar-refractivity contribution < 1.29 is 9.53 Å². The fraction of sp³-hybridized carbons (Fsp3) is 0.111. The minimum Gasteiger partial charge on any atom is -0.497 e. The summed E-state index contributed by atoms with van der Waals surface area (Å²) in [4.78, 5) is 16.8. The molecule has 22 heavy (non-hydrogen) atoms. The lowest BCUT2D eigenvalue weighted by atomic mass is 10.1. The fourth-order valence-electron chi connectivity index (χ4n) is 2.30. The van der Waals surface area contributed by atoms with Crippen molar-refractivity contribution in [2.75, 3.05) is 12.4 Å². The van der Waals surface area contributed by atoms with Gasteiger partial charge in [0.25, 0.3) is 5.91 Å². The van der Waals surface area contributed by atoms with Gasteiger partial charge in [-0.1, -0.05) is 6.07 Å². The van der Waals surface area contributed by atoms with Gasteiger partial charge in [-0.25, -0.2) is 0 Å². The summed E-state index contributed by atoms with van der Waals surface area (Å²) < 4.78 is 5.10. The maximum Gasteiger partial charge on any atom is 0.255 e. The van der Waals surface area contributed by atoms with E-state index >= 15 is 0 Å². The predicted octanol–water partition coefficient (Wildman–Crippen LogP) is 3.80. The summed E-state index contributed by atoms with van der Waals surface area (Å²) in [5.41, 5.74) is 3.15. The third-order valence-corrected chi connectivity index (χ3v) is 3.47. The zero-order chi connectivity index (χ0) is 15.5. The third-order valence-electron chi connectivity index (χ3n) is 3.47. The smallest absolute Gasteiger partial charge is 0.255 e. The summed E-state index contributed by atoms with van der Waals surface area (Å²) in [6, 6.07) is 16.6. The summed E-state index contributed by atoms with van der Waals surface area (Å²) in [5.74, 6) is 0.567. The average Bonchev–Trinajstić information content (AvgIpc) is 2.55. The highest BCUT2D eigenvalue weighted by molar-refractivity contribution is 6.08. The van der Waals surface area contributed by atoms with Crippen LogP contribution in [0.5, 0.6) is 5.75 Å². The molecule has 0 radical (unpaired) electrons. The molecular formula is C18H16N2O2. The van der Waals surface area contributed by atoms with Gasteiger partial charge in [0.15, 0.2) is 0 Å². The predicted molar refractivity (Wildman–Crippen MR) is 87.4 cm³/mol. The van der Waals surface area contributed by atoms with Crippen molar-refractivity contribution in [1.29, 1.82) is 0 Å². The average molecular weight is 292 g/mol. The van der Waals surface area contributed by atoms with Crippen LogP contribution in [0.2, 0.25) is 0 Å². The lowest BCUT2D eigenvalue weighted by molar-refractivity contribution is 0.102. The Morgan fingerprint density at radius 1 is 1.05 bits per heavy atom. The third kappa shape index (κ3) is 2.76. The molecule has 3 aromatic rings. The zero-order valence-corrected chi connectivity index (χ0v) is 12.5. The van der Waals surface area contributed by atoms with Gasteiger partial charge < -0.3 is 10.1 Å². The Morgan fingerprint density at radius 3 is 2.55 bits per heavy atom. The summed E-state index contributed by atoms with van der Waals surface area (Å²) in [5, 5.41) is 3.86. The Morgan fingerprint density at radius 2 is 1.82 bits per heavy atom. The van der Waals surface area contributed by atoms with Crippen molar-refractivity contribution >= 4 is 22.5 Å². The molecule has 1 amide bonds. The van der Waals surface area contributed by atoms with Crippen molar-refractivity contribution in [3.63, 3.8) is 0 Å². The minimum atomic E-state index is -0.157. The van der Waals surface area contributed by atoms with E-state index in [-0.39, 0.29) is 5.91 Å². The van der Waals surface area contributed by atoms with Crippen LogP contribution in [0.25, 0.3) is 10.9 Å². The first-order chi connectivity index (χ1) is 10.7. The Balaban J connectivity index is 1.90. The van der Waals surface area contributed by atoms with Crippen molar-refractivity contribution in [3.8, 4) is 5.75 Å². The fourth-order valence-corrected chi connectivity index (χ4v) is 2.30. The number of amides is 1. The van der Waals surface area contributed by atoms with E-state index in [4.69, 9.17) is 4.74 Å². The molecule has 0 atom stereocenters. The highest BCUT2D eigenvalue weighted by Crippen LogP contribution is 2.23. The molecule has 0 spiro atoms. The van der Waals surface area contributed by atoms with Gasteiger partial charge in [0.05, 0.1) is 18.3 Å². The number of fused-ring (bicyclic) bond motifs is 1. The maximum absolute atomic E-state index is 12.4. The van der Waals surface area contributed by atoms with Crippen LogP contribution in [-0.4, -0.2) is 18.0 Å². The number of aryl methyl sites for hydroxylation is 1. The van der Waals surface area contributed by atoms with E-state index < -0.39 is 0 Å². The van der Waals surface area contributed by atoms with Gasteiger partial charge in [0, 0.05) is 16.6 Å². The number of anilines is 1. The second-order valence-electron chi connectivity index (χ2n) is 5.01. The minimum absolute atomic E-state index is 0.157. The standard InChI is InChI=1S/C18H16N2O2/c1-12-6-11-15-16(19-12)4-3-5-17(15)20-18(21)13-7-9-14(22-2)10-8-13/h3-11H,1-2H3,(H,20,21). The second kappa shape index (κ2) is 5.85. The number of methoxy groups -OCH3 is 1. The Kier molecular flexibility index (Phi) is 3.74. The largest absolute Gasteiger partial charge is 0.497 e. The van der Waals surface area contributed by atoms with Crippen molar-refractivity contribution in [1.82, 2.24) is 4.98 Å². The van der Waals surface area contributed by atoms with Crippen LogP contribution in [0, 0.1) is 6.92 Å². The van der Waals surface area contributed by atoms with E-state index in [1.807, 2.05) is 37.3 Å². The highest BCUT2D eigenvalue weighted by Gasteiger charge is 2.09. The van der Waals surface area contributed by atoms with Crippen molar-refractivity contribution in [2.24, 2.45) is 0 Å². The highest BCUT2D eigenvalue weighted by atomic mass is 16.5. The Bertz CT molecular complexity index is 826. The molecule has 0 saturated heterocycles. The molecule has 1 heterocycles. The maximum atomic E-state index is 12.4. The number of carbonyl (C=O) groups excluding carboxylic acids is 1. The monoisotopic (exact) mass is 292 g/mol. The second-order valence-corrected chi connectivity index (χ2v) is 5.01. The van der Waals surface area contributed by atoms with Crippen LogP contribution in [0.1, 0.15) is 16.1 Å². The topological polar surface area (TPSA) is 51.2 Å². The van der Waals surface area contributed by atoms with Crippen LogP contribution in [0.15, 0.2) is 54.6 Å². The molecule has 1 aromatic heterocycles. The van der Waals surface area contributed by atoms with Gasteiger partial charge in [-0.2, -0.15) is 0 Å². The summed E-state index contributed by atoms with van der Waals surface area (Å²) >= 11 is 0. The molecule has 110 valence electrons. The van der Waals surface area contributed by atoms with Gasteiger partial charge in [0.1, 0.15) is 5.75 Å². The van der Waals surface area contributed by atoms with E-state index in [9.17, 15) is 4.79 Å². The van der Waals surface area contributed by atoms with E-state index in [1.165, 1.54) is 0 Å². The molecule has 4 nitrogen and oxygen atoms in total. The first kappa shape index (κ1) is 14.1. The van der Waals surface area contributed by atoms with Crippen LogP contribution < -0.4 is 10.1 Å². The van der Waals surface area contributed by atoms with Gasteiger partial charge in [-0.15, -0.1) is 0 Å².